The maximum Gasteiger partial charge on any atom is 0.186 e. The summed E-state index contributed by atoms with van der Waals surface area (Å²) in [4.78, 5) is 15.0. The van der Waals surface area contributed by atoms with Gasteiger partial charge in [-0.05, 0) is 72.8 Å². The maximum absolute atomic E-state index is 12.7. The van der Waals surface area contributed by atoms with Gasteiger partial charge in [-0.1, -0.05) is 47.1 Å². The van der Waals surface area contributed by atoms with Crippen LogP contribution >= 0.6 is 35.0 Å². The van der Waals surface area contributed by atoms with Crippen molar-refractivity contribution in [3.05, 3.63) is 106 Å². The van der Waals surface area contributed by atoms with Crippen LogP contribution in [0.2, 0.25) is 10.0 Å². The van der Waals surface area contributed by atoms with Crippen molar-refractivity contribution in [2.75, 3.05) is 5.32 Å². The molecule has 0 saturated heterocycles. The Hall–Kier alpha value is -3.12. The molecule has 33 heavy (non-hydrogen) atoms. The van der Waals surface area contributed by atoms with Crippen LogP contribution in [-0.4, -0.2) is 5.78 Å². The lowest BCUT2D eigenvalue weighted by molar-refractivity contribution is 0.104. The number of furan rings is 1. The zero-order chi connectivity index (χ0) is 22.8. The molecule has 5 rings (SSSR count). The van der Waals surface area contributed by atoms with Gasteiger partial charge in [0.25, 0.3) is 0 Å². The van der Waals surface area contributed by atoms with Crippen molar-refractivity contribution in [1.82, 2.24) is 0 Å². The Labute approximate surface area is 205 Å². The van der Waals surface area contributed by atoms with Crippen molar-refractivity contribution in [2.24, 2.45) is 0 Å². The molecule has 164 valence electrons. The number of halogens is 2. The molecule has 0 spiro atoms. The largest absolute Gasteiger partial charge is 0.484 e. The van der Waals surface area contributed by atoms with Crippen LogP contribution in [0.5, 0.6) is 5.75 Å². The summed E-state index contributed by atoms with van der Waals surface area (Å²) in [6.07, 6.45) is 3.16. The number of carbonyl (C=O) groups is 1. The highest BCUT2D eigenvalue weighted by Gasteiger charge is 2.16. The highest BCUT2D eigenvalue weighted by atomic mass is 35.5. The predicted octanol–water partition coefficient (Wildman–Crippen LogP) is 8.27. The number of nitrogens with one attached hydrogen (secondary N) is 1. The molecule has 0 saturated carbocycles. The van der Waals surface area contributed by atoms with Crippen LogP contribution < -0.4 is 10.1 Å². The summed E-state index contributed by atoms with van der Waals surface area (Å²) in [5.74, 6) is 1.59. The van der Waals surface area contributed by atoms with Gasteiger partial charge >= 0.3 is 0 Å². The molecule has 0 aliphatic carbocycles. The van der Waals surface area contributed by atoms with Gasteiger partial charge in [0.05, 0.1) is 16.4 Å². The molecule has 1 N–H and O–H groups in total. The third kappa shape index (κ3) is 4.96. The lowest BCUT2D eigenvalue weighted by atomic mass is 10.1. The number of ether oxygens (including phenoxy) is 1. The molecule has 0 unspecified atom stereocenters. The molecule has 0 radical (unpaired) electrons. The molecule has 1 aliphatic heterocycles. The molecule has 3 aromatic carbocycles. The molecule has 0 atom stereocenters. The Morgan fingerprint density at radius 2 is 1.82 bits per heavy atom. The van der Waals surface area contributed by atoms with Crippen LogP contribution in [-0.2, 0) is 6.61 Å². The van der Waals surface area contributed by atoms with Crippen LogP contribution in [0.3, 0.4) is 0 Å². The first-order valence-electron chi connectivity index (χ1n) is 10.1. The van der Waals surface area contributed by atoms with Crippen molar-refractivity contribution < 1.29 is 13.9 Å². The molecule has 0 amide bonds. The van der Waals surface area contributed by atoms with E-state index >= 15 is 0 Å². The highest BCUT2D eigenvalue weighted by Crippen LogP contribution is 2.44. The second-order valence-electron chi connectivity index (χ2n) is 7.30. The van der Waals surface area contributed by atoms with Gasteiger partial charge in [0, 0.05) is 20.4 Å². The zero-order valence-corrected chi connectivity index (χ0v) is 19.5. The normalized spacial score (nSPS) is 12.2. The van der Waals surface area contributed by atoms with E-state index in [9.17, 15) is 4.79 Å². The van der Waals surface area contributed by atoms with Gasteiger partial charge in [0.2, 0.25) is 0 Å². The first kappa shape index (κ1) is 21.7. The standard InChI is InChI=1S/C26H17Cl2NO3S/c27-17-6-11-24(20(28)14-17)31-15-19-8-7-18(32-19)9-10-23(30)16-5-12-26-22(13-16)29-21-3-1-2-4-25(21)33-26/h1-14,29H,15H2/b10-9+. The molecule has 0 bridgehead atoms. The summed E-state index contributed by atoms with van der Waals surface area (Å²) >= 11 is 13.7. The van der Waals surface area contributed by atoms with E-state index in [2.05, 4.69) is 11.4 Å². The number of carbonyl (C=O) groups excluding carboxylic acids is 1. The lowest BCUT2D eigenvalue weighted by Crippen LogP contribution is -2.02. The number of benzene rings is 3. The summed E-state index contributed by atoms with van der Waals surface area (Å²) in [5.41, 5.74) is 2.57. The van der Waals surface area contributed by atoms with Gasteiger partial charge in [-0.15, -0.1) is 0 Å². The first-order chi connectivity index (χ1) is 16.0. The summed E-state index contributed by atoms with van der Waals surface area (Å²) in [6.45, 7) is 0.207. The average molecular weight is 494 g/mol. The molecule has 0 fully saturated rings. The van der Waals surface area contributed by atoms with Crippen molar-refractivity contribution in [3.8, 4) is 5.75 Å². The summed E-state index contributed by atoms with van der Waals surface area (Å²) < 4.78 is 11.4. The number of anilines is 2. The zero-order valence-electron chi connectivity index (χ0n) is 17.2. The second-order valence-corrected chi connectivity index (χ2v) is 9.23. The molecular weight excluding hydrogens is 477 g/mol. The van der Waals surface area contributed by atoms with Crippen LogP contribution in [0.25, 0.3) is 6.08 Å². The minimum absolute atomic E-state index is 0.106. The number of para-hydroxylation sites is 1. The Morgan fingerprint density at radius 3 is 2.70 bits per heavy atom. The fourth-order valence-corrected chi connectivity index (χ4v) is 4.78. The molecule has 1 aromatic heterocycles. The third-order valence-electron chi connectivity index (χ3n) is 4.99. The van der Waals surface area contributed by atoms with Gasteiger partial charge < -0.3 is 14.5 Å². The first-order valence-corrected chi connectivity index (χ1v) is 11.7. The fourth-order valence-electron chi connectivity index (χ4n) is 3.35. The monoisotopic (exact) mass is 493 g/mol. The number of ketones is 1. The van der Waals surface area contributed by atoms with Crippen molar-refractivity contribution in [1.29, 1.82) is 0 Å². The molecule has 1 aliphatic rings. The quantitative estimate of drug-likeness (QED) is 0.190. The smallest absolute Gasteiger partial charge is 0.186 e. The number of allylic oxidation sites excluding steroid dienone is 1. The average Bonchev–Trinajstić information content (AvgIpc) is 3.28. The Kier molecular flexibility index (Phi) is 6.18. The fraction of sp³-hybridized carbons (Fsp3) is 0.0385. The van der Waals surface area contributed by atoms with Crippen LogP contribution in [0, 0.1) is 0 Å². The minimum atomic E-state index is -0.106. The Balaban J connectivity index is 1.23. The number of hydrogen-bond donors (Lipinski definition) is 1. The SMILES string of the molecule is O=C(/C=C/c1ccc(COc2ccc(Cl)cc2Cl)o1)c1ccc2c(c1)Nc1ccccc1S2. The van der Waals surface area contributed by atoms with E-state index in [0.29, 0.717) is 32.9 Å². The van der Waals surface area contributed by atoms with E-state index in [1.807, 2.05) is 36.4 Å². The van der Waals surface area contributed by atoms with Gasteiger partial charge in [-0.2, -0.15) is 0 Å². The van der Waals surface area contributed by atoms with Crippen molar-refractivity contribution >= 4 is 58.2 Å². The van der Waals surface area contributed by atoms with Crippen LogP contribution in [0.1, 0.15) is 21.9 Å². The van der Waals surface area contributed by atoms with E-state index in [-0.39, 0.29) is 12.4 Å². The summed E-state index contributed by atoms with van der Waals surface area (Å²) in [7, 11) is 0. The van der Waals surface area contributed by atoms with E-state index in [1.54, 1.807) is 48.2 Å². The lowest BCUT2D eigenvalue weighted by Gasteiger charge is -2.20. The topological polar surface area (TPSA) is 51.5 Å². The predicted molar refractivity (Wildman–Crippen MR) is 133 cm³/mol. The van der Waals surface area contributed by atoms with Gasteiger partial charge in [-0.25, -0.2) is 0 Å². The van der Waals surface area contributed by atoms with Gasteiger partial charge in [0.1, 0.15) is 23.9 Å². The number of fused-ring (bicyclic) bond motifs is 2. The summed E-state index contributed by atoms with van der Waals surface area (Å²) in [5, 5.41) is 4.38. The Morgan fingerprint density at radius 1 is 0.970 bits per heavy atom. The van der Waals surface area contributed by atoms with Crippen LogP contribution in [0.15, 0.2) is 93.1 Å². The maximum atomic E-state index is 12.7. The molecule has 4 aromatic rings. The molecule has 7 heteroatoms. The van der Waals surface area contributed by atoms with Crippen LogP contribution in [0.4, 0.5) is 11.4 Å². The second kappa shape index (κ2) is 9.40. The van der Waals surface area contributed by atoms with Gasteiger partial charge in [0.15, 0.2) is 5.78 Å². The number of rotatable bonds is 6. The van der Waals surface area contributed by atoms with E-state index in [4.69, 9.17) is 32.4 Å². The minimum Gasteiger partial charge on any atom is -0.484 e. The third-order valence-corrected chi connectivity index (χ3v) is 6.67. The Bertz CT molecular complexity index is 1380. The molecular formula is C26H17Cl2NO3S. The van der Waals surface area contributed by atoms with E-state index in [1.165, 1.54) is 11.0 Å². The van der Waals surface area contributed by atoms with E-state index in [0.717, 1.165) is 16.3 Å². The molecule has 2 heterocycles. The summed E-state index contributed by atoms with van der Waals surface area (Å²) in [6, 6.07) is 22.4. The molecule has 4 nitrogen and oxygen atoms in total. The van der Waals surface area contributed by atoms with Crippen molar-refractivity contribution in [3.63, 3.8) is 0 Å². The van der Waals surface area contributed by atoms with E-state index < -0.39 is 0 Å². The highest BCUT2D eigenvalue weighted by molar-refractivity contribution is 7.99. The van der Waals surface area contributed by atoms with Gasteiger partial charge in [-0.3, -0.25) is 4.79 Å². The number of hydrogen-bond acceptors (Lipinski definition) is 5. The van der Waals surface area contributed by atoms with Crippen molar-refractivity contribution in [2.45, 2.75) is 16.4 Å².